The van der Waals surface area contributed by atoms with E-state index in [4.69, 9.17) is 11.6 Å². The second kappa shape index (κ2) is 3.90. The number of carbonyl (C=O) groups is 1. The van der Waals surface area contributed by atoms with E-state index in [-0.39, 0.29) is 6.42 Å². The normalized spacial score (nSPS) is 15.0. The fraction of sp³-hybridized carbons (Fsp3) is 0.300. The van der Waals surface area contributed by atoms with Crippen molar-refractivity contribution in [2.75, 3.05) is 0 Å². The molecule has 1 aromatic rings. The number of aldehydes is 1. The highest BCUT2D eigenvalue weighted by Crippen LogP contribution is 2.25. The van der Waals surface area contributed by atoms with Gasteiger partial charge in [-0.25, -0.2) is 0 Å². The van der Waals surface area contributed by atoms with Gasteiger partial charge in [-0.15, -0.1) is 0 Å². The predicted octanol–water partition coefficient (Wildman–Crippen LogP) is 2.14. The standard InChI is InChI=1S/C10H11ClO2/c1-10(13,5-6-12)8-3-2-4-9(11)7-8/h2-4,6-7,13H,5H2,1H3. The lowest BCUT2D eigenvalue weighted by Gasteiger charge is -2.20. The van der Waals surface area contributed by atoms with Crippen LogP contribution in [0.25, 0.3) is 0 Å². The van der Waals surface area contributed by atoms with Crippen molar-refractivity contribution in [3.8, 4) is 0 Å². The molecular formula is C10H11ClO2. The van der Waals surface area contributed by atoms with Crippen molar-refractivity contribution in [1.82, 2.24) is 0 Å². The number of carbonyl (C=O) groups excluding carboxylic acids is 1. The molecule has 0 radical (unpaired) electrons. The third-order valence-corrected chi connectivity index (χ3v) is 2.16. The zero-order chi connectivity index (χ0) is 9.90. The fourth-order valence-corrected chi connectivity index (χ4v) is 1.29. The molecule has 0 amide bonds. The lowest BCUT2D eigenvalue weighted by atomic mass is 9.93. The molecule has 0 spiro atoms. The summed E-state index contributed by atoms with van der Waals surface area (Å²) in [4.78, 5) is 10.3. The van der Waals surface area contributed by atoms with Crippen LogP contribution in [0.15, 0.2) is 24.3 Å². The van der Waals surface area contributed by atoms with Crippen molar-refractivity contribution in [3.05, 3.63) is 34.9 Å². The molecule has 2 nitrogen and oxygen atoms in total. The van der Waals surface area contributed by atoms with Gasteiger partial charge in [-0.05, 0) is 24.6 Å². The number of hydrogen-bond donors (Lipinski definition) is 1. The van der Waals surface area contributed by atoms with E-state index in [1.54, 1.807) is 31.2 Å². The van der Waals surface area contributed by atoms with E-state index < -0.39 is 5.60 Å². The highest BCUT2D eigenvalue weighted by atomic mass is 35.5. The lowest BCUT2D eigenvalue weighted by molar-refractivity contribution is -0.112. The van der Waals surface area contributed by atoms with Crippen LogP contribution in [0.4, 0.5) is 0 Å². The number of halogens is 1. The van der Waals surface area contributed by atoms with Gasteiger partial charge in [-0.1, -0.05) is 23.7 Å². The second-order valence-corrected chi connectivity index (χ2v) is 3.59. The second-order valence-electron chi connectivity index (χ2n) is 3.15. The van der Waals surface area contributed by atoms with Crippen LogP contribution >= 0.6 is 11.6 Å². The zero-order valence-electron chi connectivity index (χ0n) is 7.33. The summed E-state index contributed by atoms with van der Waals surface area (Å²) in [5.74, 6) is 0. The molecule has 0 aliphatic carbocycles. The summed E-state index contributed by atoms with van der Waals surface area (Å²) in [6, 6.07) is 6.87. The maximum Gasteiger partial charge on any atom is 0.123 e. The molecular weight excluding hydrogens is 188 g/mol. The summed E-state index contributed by atoms with van der Waals surface area (Å²) in [5, 5.41) is 10.4. The Labute approximate surface area is 82.2 Å². The van der Waals surface area contributed by atoms with Gasteiger partial charge in [0.25, 0.3) is 0 Å². The average Bonchev–Trinajstić information content (AvgIpc) is 2.04. The van der Waals surface area contributed by atoms with E-state index in [0.717, 1.165) is 0 Å². The van der Waals surface area contributed by atoms with Crippen LogP contribution in [0.1, 0.15) is 18.9 Å². The molecule has 0 saturated heterocycles. The van der Waals surface area contributed by atoms with Gasteiger partial charge in [0.1, 0.15) is 6.29 Å². The summed E-state index contributed by atoms with van der Waals surface area (Å²) >= 11 is 5.75. The van der Waals surface area contributed by atoms with Crippen molar-refractivity contribution < 1.29 is 9.90 Å². The number of hydrogen-bond acceptors (Lipinski definition) is 2. The molecule has 1 rings (SSSR count). The zero-order valence-corrected chi connectivity index (χ0v) is 8.08. The van der Waals surface area contributed by atoms with E-state index in [0.29, 0.717) is 16.9 Å². The van der Waals surface area contributed by atoms with E-state index in [2.05, 4.69) is 0 Å². The highest BCUT2D eigenvalue weighted by molar-refractivity contribution is 6.30. The molecule has 0 saturated carbocycles. The number of aliphatic hydroxyl groups is 1. The minimum absolute atomic E-state index is 0.0767. The summed E-state index contributed by atoms with van der Waals surface area (Å²) in [7, 11) is 0. The molecule has 0 aromatic heterocycles. The van der Waals surface area contributed by atoms with Crippen LogP contribution in [0.3, 0.4) is 0 Å². The third-order valence-electron chi connectivity index (χ3n) is 1.93. The van der Waals surface area contributed by atoms with Gasteiger partial charge < -0.3 is 9.90 Å². The molecule has 70 valence electrons. The Bertz CT molecular complexity index is 308. The molecule has 0 heterocycles. The molecule has 1 N–H and O–H groups in total. The van der Waals surface area contributed by atoms with E-state index in [1.165, 1.54) is 0 Å². The van der Waals surface area contributed by atoms with Crippen molar-refractivity contribution in [2.45, 2.75) is 18.9 Å². The van der Waals surface area contributed by atoms with Crippen LogP contribution < -0.4 is 0 Å². The maximum atomic E-state index is 10.3. The van der Waals surface area contributed by atoms with Crippen LogP contribution in [-0.4, -0.2) is 11.4 Å². The Kier molecular flexibility index (Phi) is 3.07. The van der Waals surface area contributed by atoms with Gasteiger partial charge in [0.15, 0.2) is 0 Å². The highest BCUT2D eigenvalue weighted by Gasteiger charge is 2.22. The van der Waals surface area contributed by atoms with Gasteiger partial charge in [-0.3, -0.25) is 0 Å². The topological polar surface area (TPSA) is 37.3 Å². The predicted molar refractivity (Wildman–Crippen MR) is 51.7 cm³/mol. The molecule has 3 heteroatoms. The van der Waals surface area contributed by atoms with Crippen LogP contribution in [0.2, 0.25) is 5.02 Å². The quantitative estimate of drug-likeness (QED) is 0.756. The number of rotatable bonds is 3. The Morgan fingerprint density at radius 3 is 2.85 bits per heavy atom. The van der Waals surface area contributed by atoms with E-state index >= 15 is 0 Å². The molecule has 0 fully saturated rings. The van der Waals surface area contributed by atoms with Crippen LogP contribution in [0.5, 0.6) is 0 Å². The SMILES string of the molecule is CC(O)(CC=O)c1cccc(Cl)c1. The molecule has 13 heavy (non-hydrogen) atoms. The first-order chi connectivity index (χ1) is 6.06. The minimum atomic E-state index is -1.12. The Morgan fingerprint density at radius 2 is 2.31 bits per heavy atom. The van der Waals surface area contributed by atoms with E-state index in [9.17, 15) is 9.90 Å². The summed E-state index contributed by atoms with van der Waals surface area (Å²) in [6.07, 6.45) is 0.772. The van der Waals surface area contributed by atoms with Crippen molar-refractivity contribution in [1.29, 1.82) is 0 Å². The molecule has 0 aliphatic rings. The molecule has 1 aromatic carbocycles. The largest absolute Gasteiger partial charge is 0.385 e. The average molecular weight is 199 g/mol. The molecule has 1 unspecified atom stereocenters. The Hall–Kier alpha value is -0.860. The number of benzene rings is 1. The molecule has 0 aliphatic heterocycles. The molecule has 1 atom stereocenters. The van der Waals surface area contributed by atoms with Gasteiger partial charge in [-0.2, -0.15) is 0 Å². The van der Waals surface area contributed by atoms with Crippen molar-refractivity contribution in [2.24, 2.45) is 0 Å². The van der Waals surface area contributed by atoms with Gasteiger partial charge in [0, 0.05) is 11.4 Å². The van der Waals surface area contributed by atoms with Crippen LogP contribution in [-0.2, 0) is 10.4 Å². The summed E-state index contributed by atoms with van der Waals surface area (Å²) in [6.45, 7) is 1.59. The fourth-order valence-electron chi connectivity index (χ4n) is 1.10. The van der Waals surface area contributed by atoms with Gasteiger partial charge in [0.05, 0.1) is 5.60 Å². The smallest absolute Gasteiger partial charge is 0.123 e. The van der Waals surface area contributed by atoms with Crippen LogP contribution in [0, 0.1) is 0 Å². The lowest BCUT2D eigenvalue weighted by Crippen LogP contribution is -2.21. The Morgan fingerprint density at radius 1 is 1.62 bits per heavy atom. The minimum Gasteiger partial charge on any atom is -0.385 e. The van der Waals surface area contributed by atoms with Crippen molar-refractivity contribution >= 4 is 17.9 Å². The monoisotopic (exact) mass is 198 g/mol. The summed E-state index contributed by atoms with van der Waals surface area (Å²) < 4.78 is 0. The first-order valence-corrected chi connectivity index (χ1v) is 4.36. The summed E-state index contributed by atoms with van der Waals surface area (Å²) in [5.41, 5.74) is -0.459. The molecule has 0 bridgehead atoms. The Balaban J connectivity index is 2.99. The maximum absolute atomic E-state index is 10.3. The van der Waals surface area contributed by atoms with Gasteiger partial charge in [0.2, 0.25) is 0 Å². The first-order valence-electron chi connectivity index (χ1n) is 3.98. The third kappa shape index (κ3) is 2.54. The van der Waals surface area contributed by atoms with E-state index in [1.807, 2.05) is 0 Å². The van der Waals surface area contributed by atoms with Gasteiger partial charge >= 0.3 is 0 Å². The first kappa shape index (κ1) is 10.2. The van der Waals surface area contributed by atoms with Crippen molar-refractivity contribution in [3.63, 3.8) is 0 Å².